The van der Waals surface area contributed by atoms with Crippen molar-refractivity contribution in [3.63, 3.8) is 0 Å². The minimum Gasteiger partial charge on any atom is -0.482 e. The molecule has 0 saturated carbocycles. The molecule has 4 nitrogen and oxygen atoms in total. The summed E-state index contributed by atoms with van der Waals surface area (Å²) in [6.45, 7) is 3.77. The second kappa shape index (κ2) is 6.10. The molecule has 0 aliphatic rings. The predicted octanol–water partition coefficient (Wildman–Crippen LogP) is 2.90. The number of ether oxygens (including phenoxy) is 1. The molecular formula is C16H18N2O2. The Morgan fingerprint density at radius 1 is 1.10 bits per heavy atom. The fourth-order valence-corrected chi connectivity index (χ4v) is 1.82. The van der Waals surface area contributed by atoms with Crippen molar-refractivity contribution in [2.24, 2.45) is 0 Å². The van der Waals surface area contributed by atoms with Crippen LogP contribution in [0.3, 0.4) is 0 Å². The molecule has 0 spiro atoms. The van der Waals surface area contributed by atoms with E-state index in [9.17, 15) is 4.79 Å². The maximum absolute atomic E-state index is 11.9. The quantitative estimate of drug-likeness (QED) is 0.840. The van der Waals surface area contributed by atoms with Crippen molar-refractivity contribution < 1.29 is 9.53 Å². The lowest BCUT2D eigenvalue weighted by Gasteiger charge is -2.11. The van der Waals surface area contributed by atoms with E-state index in [-0.39, 0.29) is 12.5 Å². The molecule has 4 heteroatoms. The summed E-state index contributed by atoms with van der Waals surface area (Å²) in [6.07, 6.45) is 0. The minimum absolute atomic E-state index is 0.0675. The Hall–Kier alpha value is -2.49. The van der Waals surface area contributed by atoms with E-state index in [2.05, 4.69) is 5.32 Å². The van der Waals surface area contributed by atoms with Gasteiger partial charge in [0.25, 0.3) is 5.91 Å². The van der Waals surface area contributed by atoms with Crippen LogP contribution in [0.15, 0.2) is 42.5 Å². The lowest BCUT2D eigenvalue weighted by atomic mass is 10.2. The summed E-state index contributed by atoms with van der Waals surface area (Å²) in [6, 6.07) is 13.1. The highest BCUT2D eigenvalue weighted by Gasteiger charge is 2.07. The molecule has 1 amide bonds. The topological polar surface area (TPSA) is 64.3 Å². The van der Waals surface area contributed by atoms with Crippen molar-refractivity contribution in [2.75, 3.05) is 17.7 Å². The van der Waals surface area contributed by atoms with Crippen LogP contribution in [0.4, 0.5) is 11.4 Å². The first-order chi connectivity index (χ1) is 9.58. The molecule has 2 rings (SSSR count). The van der Waals surface area contributed by atoms with Gasteiger partial charge in [0, 0.05) is 5.69 Å². The van der Waals surface area contributed by atoms with Crippen molar-refractivity contribution >= 4 is 17.3 Å². The van der Waals surface area contributed by atoms with Crippen LogP contribution >= 0.6 is 0 Å². The van der Waals surface area contributed by atoms with E-state index in [1.165, 1.54) is 0 Å². The highest BCUT2D eigenvalue weighted by atomic mass is 16.5. The van der Waals surface area contributed by atoms with Gasteiger partial charge < -0.3 is 15.8 Å². The number of nitrogens with two attached hydrogens (primary N) is 1. The Morgan fingerprint density at radius 2 is 1.80 bits per heavy atom. The summed E-state index contributed by atoms with van der Waals surface area (Å²) in [5, 5.41) is 2.81. The molecule has 20 heavy (non-hydrogen) atoms. The Bertz CT molecular complexity index is 624. The maximum Gasteiger partial charge on any atom is 0.262 e. The monoisotopic (exact) mass is 270 g/mol. The van der Waals surface area contributed by atoms with Gasteiger partial charge in [0.05, 0.1) is 5.69 Å². The second-order valence-electron chi connectivity index (χ2n) is 4.64. The van der Waals surface area contributed by atoms with Gasteiger partial charge in [-0.2, -0.15) is 0 Å². The predicted molar refractivity (Wildman–Crippen MR) is 80.9 cm³/mol. The molecule has 0 unspecified atom stereocenters. The number of nitrogen functional groups attached to an aromatic ring is 1. The van der Waals surface area contributed by atoms with Gasteiger partial charge >= 0.3 is 0 Å². The summed E-state index contributed by atoms with van der Waals surface area (Å²) in [5.74, 6) is 0.324. The molecule has 0 aliphatic carbocycles. The minimum atomic E-state index is -0.208. The van der Waals surface area contributed by atoms with Gasteiger partial charge in [-0.15, -0.1) is 0 Å². The number of aryl methyl sites for hydroxylation is 2. The van der Waals surface area contributed by atoms with Gasteiger partial charge in [-0.05, 0) is 37.1 Å². The standard InChI is InChI=1S/C16H18N2O2/c1-11-6-3-4-8-13(11)18-15(19)10-20-14-9-5-7-12(2)16(14)17/h3-9H,10,17H2,1-2H3,(H,18,19). The Balaban J connectivity index is 1.96. The number of para-hydroxylation sites is 2. The van der Waals surface area contributed by atoms with Crippen molar-refractivity contribution in [3.8, 4) is 5.75 Å². The molecule has 0 atom stereocenters. The molecule has 0 heterocycles. The average molecular weight is 270 g/mol. The van der Waals surface area contributed by atoms with Crippen LogP contribution in [0.5, 0.6) is 5.75 Å². The summed E-state index contributed by atoms with van der Waals surface area (Å²) in [7, 11) is 0. The van der Waals surface area contributed by atoms with Gasteiger partial charge in [-0.1, -0.05) is 30.3 Å². The van der Waals surface area contributed by atoms with E-state index in [0.717, 1.165) is 16.8 Å². The van der Waals surface area contributed by atoms with Crippen LogP contribution < -0.4 is 15.8 Å². The largest absolute Gasteiger partial charge is 0.482 e. The number of nitrogens with one attached hydrogen (secondary N) is 1. The Labute approximate surface area is 118 Å². The third-order valence-electron chi connectivity index (χ3n) is 3.06. The molecule has 104 valence electrons. The molecule has 0 bridgehead atoms. The molecule has 0 aromatic heterocycles. The van der Waals surface area contributed by atoms with E-state index in [1.807, 2.05) is 50.2 Å². The highest BCUT2D eigenvalue weighted by Crippen LogP contribution is 2.24. The fraction of sp³-hybridized carbons (Fsp3) is 0.188. The molecule has 2 aromatic rings. The number of amides is 1. The molecule has 3 N–H and O–H groups in total. The zero-order valence-corrected chi connectivity index (χ0v) is 11.6. The van der Waals surface area contributed by atoms with Gasteiger partial charge in [0.2, 0.25) is 0 Å². The van der Waals surface area contributed by atoms with Gasteiger partial charge in [0.1, 0.15) is 5.75 Å². The SMILES string of the molecule is Cc1ccccc1NC(=O)COc1cccc(C)c1N. The zero-order chi connectivity index (χ0) is 14.5. The number of benzene rings is 2. The van der Waals surface area contributed by atoms with Crippen LogP contribution in [0, 0.1) is 13.8 Å². The van der Waals surface area contributed by atoms with E-state index in [4.69, 9.17) is 10.5 Å². The number of carbonyl (C=O) groups excluding carboxylic acids is 1. The van der Waals surface area contributed by atoms with Gasteiger partial charge in [-0.25, -0.2) is 0 Å². The number of hydrogen-bond acceptors (Lipinski definition) is 3. The zero-order valence-electron chi connectivity index (χ0n) is 11.6. The average Bonchev–Trinajstić information content (AvgIpc) is 2.43. The Morgan fingerprint density at radius 3 is 2.55 bits per heavy atom. The lowest BCUT2D eigenvalue weighted by Crippen LogP contribution is -2.21. The molecule has 0 aliphatic heterocycles. The van der Waals surface area contributed by atoms with Gasteiger partial charge in [-0.3, -0.25) is 4.79 Å². The third kappa shape index (κ3) is 3.29. The normalized spacial score (nSPS) is 10.1. The molecule has 0 fully saturated rings. The number of hydrogen-bond donors (Lipinski definition) is 2. The summed E-state index contributed by atoms with van der Waals surface area (Å²) >= 11 is 0. The van der Waals surface area contributed by atoms with E-state index in [0.29, 0.717) is 11.4 Å². The van der Waals surface area contributed by atoms with Crippen molar-refractivity contribution in [2.45, 2.75) is 13.8 Å². The van der Waals surface area contributed by atoms with Crippen LogP contribution in [0.2, 0.25) is 0 Å². The van der Waals surface area contributed by atoms with Crippen LogP contribution in [-0.4, -0.2) is 12.5 Å². The first kappa shape index (κ1) is 13.9. The van der Waals surface area contributed by atoms with Gasteiger partial charge in [0.15, 0.2) is 6.61 Å². The number of anilines is 2. The first-order valence-corrected chi connectivity index (χ1v) is 6.41. The van der Waals surface area contributed by atoms with Crippen molar-refractivity contribution in [1.82, 2.24) is 0 Å². The van der Waals surface area contributed by atoms with Crippen molar-refractivity contribution in [3.05, 3.63) is 53.6 Å². The van der Waals surface area contributed by atoms with E-state index in [1.54, 1.807) is 6.07 Å². The summed E-state index contributed by atoms with van der Waals surface area (Å²) < 4.78 is 5.45. The maximum atomic E-state index is 11.9. The van der Waals surface area contributed by atoms with E-state index < -0.39 is 0 Å². The second-order valence-corrected chi connectivity index (χ2v) is 4.64. The molecule has 0 radical (unpaired) electrons. The first-order valence-electron chi connectivity index (χ1n) is 6.41. The van der Waals surface area contributed by atoms with Crippen LogP contribution in [0.1, 0.15) is 11.1 Å². The molecular weight excluding hydrogens is 252 g/mol. The molecule has 0 saturated heterocycles. The third-order valence-corrected chi connectivity index (χ3v) is 3.06. The fourth-order valence-electron chi connectivity index (χ4n) is 1.82. The highest BCUT2D eigenvalue weighted by molar-refractivity contribution is 5.92. The molecule has 2 aromatic carbocycles. The van der Waals surface area contributed by atoms with Crippen LogP contribution in [0.25, 0.3) is 0 Å². The smallest absolute Gasteiger partial charge is 0.262 e. The summed E-state index contributed by atoms with van der Waals surface area (Å²) in [5.41, 5.74) is 9.19. The Kier molecular flexibility index (Phi) is 4.25. The number of rotatable bonds is 4. The lowest BCUT2D eigenvalue weighted by molar-refractivity contribution is -0.118. The van der Waals surface area contributed by atoms with Crippen LogP contribution in [-0.2, 0) is 4.79 Å². The van der Waals surface area contributed by atoms with E-state index >= 15 is 0 Å². The number of carbonyl (C=O) groups is 1. The van der Waals surface area contributed by atoms with Crippen molar-refractivity contribution in [1.29, 1.82) is 0 Å². The summed E-state index contributed by atoms with van der Waals surface area (Å²) in [4.78, 5) is 11.9.